The molecule has 0 aliphatic rings. The summed E-state index contributed by atoms with van der Waals surface area (Å²) in [4.78, 5) is 11.7. The molecule has 0 atom stereocenters. The molecule has 0 aliphatic carbocycles. The van der Waals surface area contributed by atoms with Gasteiger partial charge in [0.2, 0.25) is 5.91 Å². The van der Waals surface area contributed by atoms with Crippen LogP contribution in [0.5, 0.6) is 5.75 Å². The maximum Gasteiger partial charge on any atom is 0.573 e. The molecule has 0 saturated heterocycles. The summed E-state index contributed by atoms with van der Waals surface area (Å²) < 4.78 is 53.1. The van der Waals surface area contributed by atoms with E-state index in [1.54, 1.807) is 6.07 Å². The van der Waals surface area contributed by atoms with Crippen molar-refractivity contribution < 1.29 is 27.1 Å². The third-order valence-electron chi connectivity index (χ3n) is 2.61. The number of rotatable bonds is 4. The van der Waals surface area contributed by atoms with Crippen molar-refractivity contribution in [3.63, 3.8) is 0 Å². The second-order valence-electron chi connectivity index (χ2n) is 4.45. The van der Waals surface area contributed by atoms with Gasteiger partial charge in [0.15, 0.2) is 0 Å². The highest BCUT2D eigenvalue weighted by Crippen LogP contribution is 2.25. The van der Waals surface area contributed by atoms with Crippen molar-refractivity contribution in [2.75, 3.05) is 5.32 Å². The van der Waals surface area contributed by atoms with Gasteiger partial charge in [0, 0.05) is 17.8 Å². The Morgan fingerprint density at radius 3 is 2.52 bits per heavy atom. The van der Waals surface area contributed by atoms with E-state index in [2.05, 4.69) is 10.1 Å². The van der Waals surface area contributed by atoms with E-state index in [4.69, 9.17) is 0 Å². The molecule has 0 saturated carbocycles. The molecule has 3 nitrogen and oxygen atoms in total. The molecule has 2 aromatic carbocycles. The van der Waals surface area contributed by atoms with Gasteiger partial charge in [0.25, 0.3) is 0 Å². The SMILES string of the molecule is O=C(/C=C/c1cccc(F)c1)Nc1cccc(OC(F)(F)F)c1. The number of alkyl halides is 3. The Bertz CT molecular complexity index is 726. The van der Waals surface area contributed by atoms with Crippen molar-refractivity contribution in [1.82, 2.24) is 0 Å². The van der Waals surface area contributed by atoms with Gasteiger partial charge in [-0.25, -0.2) is 4.39 Å². The van der Waals surface area contributed by atoms with Gasteiger partial charge in [-0.1, -0.05) is 18.2 Å². The van der Waals surface area contributed by atoms with Gasteiger partial charge in [-0.15, -0.1) is 13.2 Å². The molecule has 7 heteroatoms. The van der Waals surface area contributed by atoms with Crippen LogP contribution < -0.4 is 10.1 Å². The first-order chi connectivity index (χ1) is 10.8. The van der Waals surface area contributed by atoms with Crippen LogP contribution in [0.3, 0.4) is 0 Å². The van der Waals surface area contributed by atoms with Gasteiger partial charge in [0.1, 0.15) is 11.6 Å². The minimum absolute atomic E-state index is 0.139. The summed E-state index contributed by atoms with van der Waals surface area (Å²) in [5.74, 6) is -1.45. The molecule has 0 heterocycles. The highest BCUT2D eigenvalue weighted by molar-refractivity contribution is 6.02. The number of carbonyl (C=O) groups is 1. The molecule has 23 heavy (non-hydrogen) atoms. The van der Waals surface area contributed by atoms with Gasteiger partial charge < -0.3 is 10.1 Å². The predicted molar refractivity (Wildman–Crippen MR) is 77.2 cm³/mol. The van der Waals surface area contributed by atoms with E-state index in [9.17, 15) is 22.4 Å². The number of amides is 1. The molecule has 0 aromatic heterocycles. The van der Waals surface area contributed by atoms with Gasteiger partial charge in [-0.05, 0) is 35.9 Å². The lowest BCUT2D eigenvalue weighted by molar-refractivity contribution is -0.274. The smallest absolute Gasteiger partial charge is 0.406 e. The number of anilines is 1. The van der Waals surface area contributed by atoms with Crippen LogP contribution in [0.1, 0.15) is 5.56 Å². The number of halogens is 4. The zero-order valence-corrected chi connectivity index (χ0v) is 11.6. The minimum atomic E-state index is -4.81. The van der Waals surface area contributed by atoms with Gasteiger partial charge in [0.05, 0.1) is 0 Å². The molecule has 0 unspecified atom stereocenters. The maximum atomic E-state index is 13.0. The summed E-state index contributed by atoms with van der Waals surface area (Å²) >= 11 is 0. The van der Waals surface area contributed by atoms with Gasteiger partial charge in [-0.2, -0.15) is 0 Å². The molecular formula is C16H11F4NO2. The monoisotopic (exact) mass is 325 g/mol. The van der Waals surface area contributed by atoms with Crippen molar-refractivity contribution in [1.29, 1.82) is 0 Å². The highest BCUT2D eigenvalue weighted by atomic mass is 19.4. The van der Waals surface area contributed by atoms with Crippen LogP contribution in [-0.4, -0.2) is 12.3 Å². The van der Waals surface area contributed by atoms with Crippen molar-refractivity contribution in [2.45, 2.75) is 6.36 Å². The molecule has 120 valence electrons. The fourth-order valence-corrected chi connectivity index (χ4v) is 1.74. The van der Waals surface area contributed by atoms with Gasteiger partial charge in [-0.3, -0.25) is 4.79 Å². The van der Waals surface area contributed by atoms with E-state index in [-0.39, 0.29) is 5.69 Å². The molecule has 1 amide bonds. The Morgan fingerprint density at radius 2 is 1.83 bits per heavy atom. The fraction of sp³-hybridized carbons (Fsp3) is 0.0625. The number of ether oxygens (including phenoxy) is 1. The van der Waals surface area contributed by atoms with Crippen molar-refractivity contribution >= 4 is 17.7 Å². The molecule has 2 aromatic rings. The quantitative estimate of drug-likeness (QED) is 0.669. The molecular weight excluding hydrogens is 314 g/mol. The topological polar surface area (TPSA) is 38.3 Å². The predicted octanol–water partition coefficient (Wildman–Crippen LogP) is 4.38. The van der Waals surface area contributed by atoms with Crippen LogP contribution in [0.15, 0.2) is 54.6 Å². The van der Waals surface area contributed by atoms with Crippen molar-refractivity contribution in [3.8, 4) is 5.75 Å². The van der Waals surface area contributed by atoms with Crippen LogP contribution in [0.4, 0.5) is 23.2 Å². The Hall–Kier alpha value is -2.83. The molecule has 0 radical (unpaired) electrons. The number of nitrogens with one attached hydrogen (secondary N) is 1. The summed E-state index contributed by atoms with van der Waals surface area (Å²) in [6, 6.07) is 10.5. The number of hydrogen-bond donors (Lipinski definition) is 1. The number of hydrogen-bond acceptors (Lipinski definition) is 2. The fourth-order valence-electron chi connectivity index (χ4n) is 1.74. The van der Waals surface area contributed by atoms with Crippen LogP contribution in [-0.2, 0) is 4.79 Å². The molecule has 0 aliphatic heterocycles. The lowest BCUT2D eigenvalue weighted by Crippen LogP contribution is -2.17. The minimum Gasteiger partial charge on any atom is -0.406 e. The van der Waals surface area contributed by atoms with Crippen LogP contribution in [0, 0.1) is 5.82 Å². The summed E-state index contributed by atoms with van der Waals surface area (Å²) in [6.45, 7) is 0. The third-order valence-corrected chi connectivity index (χ3v) is 2.61. The van der Waals surface area contributed by atoms with E-state index in [0.29, 0.717) is 5.56 Å². The largest absolute Gasteiger partial charge is 0.573 e. The second kappa shape index (κ2) is 6.95. The van der Waals surface area contributed by atoms with Crippen LogP contribution in [0.2, 0.25) is 0 Å². The van der Waals surface area contributed by atoms with E-state index in [1.165, 1.54) is 36.4 Å². The Balaban J connectivity index is 2.01. The number of benzene rings is 2. The molecule has 1 N–H and O–H groups in total. The molecule has 0 spiro atoms. The summed E-state index contributed by atoms with van der Waals surface area (Å²) in [5.41, 5.74) is 0.620. The Morgan fingerprint density at radius 1 is 1.09 bits per heavy atom. The van der Waals surface area contributed by atoms with E-state index >= 15 is 0 Å². The zero-order valence-electron chi connectivity index (χ0n) is 11.6. The average molecular weight is 325 g/mol. The normalized spacial score (nSPS) is 11.5. The highest BCUT2D eigenvalue weighted by Gasteiger charge is 2.31. The number of carbonyl (C=O) groups excluding carboxylic acids is 1. The first kappa shape index (κ1) is 16.5. The Kier molecular flexibility index (Phi) is 5.00. The zero-order chi connectivity index (χ0) is 16.9. The Labute approximate surface area is 129 Å². The van der Waals surface area contributed by atoms with Crippen molar-refractivity contribution in [3.05, 3.63) is 66.0 Å². The van der Waals surface area contributed by atoms with Crippen molar-refractivity contribution in [2.24, 2.45) is 0 Å². The summed E-state index contributed by atoms with van der Waals surface area (Å²) in [5, 5.41) is 2.39. The third kappa shape index (κ3) is 5.82. The standard InChI is InChI=1S/C16H11F4NO2/c17-12-4-1-3-11(9-12)7-8-15(22)21-13-5-2-6-14(10-13)23-16(18,19)20/h1-10H,(H,21,22)/b8-7+. The second-order valence-corrected chi connectivity index (χ2v) is 4.45. The molecule has 0 bridgehead atoms. The maximum absolute atomic E-state index is 13.0. The molecule has 0 fully saturated rings. The lowest BCUT2D eigenvalue weighted by Gasteiger charge is -2.10. The van der Waals surface area contributed by atoms with Crippen LogP contribution >= 0.6 is 0 Å². The first-order valence-corrected chi connectivity index (χ1v) is 6.42. The summed E-state index contributed by atoms with van der Waals surface area (Å²) in [6.07, 6.45) is -2.28. The van der Waals surface area contributed by atoms with E-state index < -0.39 is 23.8 Å². The first-order valence-electron chi connectivity index (χ1n) is 6.42. The summed E-state index contributed by atoms with van der Waals surface area (Å²) in [7, 11) is 0. The van der Waals surface area contributed by atoms with Gasteiger partial charge >= 0.3 is 6.36 Å². The van der Waals surface area contributed by atoms with E-state index in [1.807, 2.05) is 0 Å². The van der Waals surface area contributed by atoms with Crippen LogP contribution in [0.25, 0.3) is 6.08 Å². The van der Waals surface area contributed by atoms with E-state index in [0.717, 1.165) is 18.2 Å². The lowest BCUT2D eigenvalue weighted by atomic mass is 10.2. The molecule has 2 rings (SSSR count). The average Bonchev–Trinajstić information content (AvgIpc) is 2.44.